The first-order valence-electron chi connectivity index (χ1n) is 12.5. The second-order valence-corrected chi connectivity index (χ2v) is 9.55. The zero-order chi connectivity index (χ0) is 29.3. The molecule has 0 aliphatic carbocycles. The van der Waals surface area contributed by atoms with E-state index in [-0.39, 0.29) is 35.9 Å². The number of rotatable bonds is 7. The molecular weight excluding hydrogens is 546 g/mol. The van der Waals surface area contributed by atoms with Crippen LogP contribution in [0.4, 0.5) is 23.4 Å². The third kappa shape index (κ3) is 6.10. The highest BCUT2D eigenvalue weighted by atomic mass is 19.4. The van der Waals surface area contributed by atoms with Gasteiger partial charge < -0.3 is 10.6 Å². The Labute approximate surface area is 230 Å². The number of hydrogen-bond donors (Lipinski definition) is 4. The maximum atomic E-state index is 15.0. The van der Waals surface area contributed by atoms with E-state index in [2.05, 4.69) is 36.7 Å². The average molecular weight is 572 g/mol. The van der Waals surface area contributed by atoms with Gasteiger partial charge in [0.05, 0.1) is 16.8 Å². The van der Waals surface area contributed by atoms with Crippen molar-refractivity contribution in [3.8, 4) is 11.3 Å². The first kappa shape index (κ1) is 27.9. The molecular formula is C26H25F4N9O2. The lowest BCUT2D eigenvalue weighted by atomic mass is 9.99. The number of amides is 2. The highest BCUT2D eigenvalue weighted by Gasteiger charge is 2.36. The molecule has 1 aliphatic rings. The lowest BCUT2D eigenvalue weighted by Crippen LogP contribution is -2.32. The molecule has 4 aromatic rings. The Morgan fingerprint density at radius 3 is 2.56 bits per heavy atom. The van der Waals surface area contributed by atoms with Crippen molar-refractivity contribution in [2.24, 2.45) is 7.05 Å². The Balaban J connectivity index is 1.46. The highest BCUT2D eigenvalue weighted by molar-refractivity contribution is 6.05. The van der Waals surface area contributed by atoms with Crippen molar-refractivity contribution in [1.82, 2.24) is 40.7 Å². The first-order valence-corrected chi connectivity index (χ1v) is 12.5. The van der Waals surface area contributed by atoms with Crippen LogP contribution in [0.15, 0.2) is 55.0 Å². The summed E-state index contributed by atoms with van der Waals surface area (Å²) >= 11 is 0. The van der Waals surface area contributed by atoms with E-state index in [1.165, 1.54) is 34.7 Å². The first-order chi connectivity index (χ1) is 19.5. The van der Waals surface area contributed by atoms with Gasteiger partial charge in [0.1, 0.15) is 17.8 Å². The molecule has 214 valence electrons. The number of carbonyl (C=O) groups is 2. The standard InChI is InChI=1S/C26H25F4N9O2/c1-14-8-23(35-34-14)39-22(11-21(37-39)25(41)32-13-15-4-3-6-31-12-15)33-24(40)17-9-16(20-5-7-38(2)36-20)18(10-19(17)27)26(28,29)30/h3-7,9-12,14,23,34-35H,8,13H2,1-2H3,(H,32,41)(H,33,40). The molecule has 4 N–H and O–H groups in total. The van der Waals surface area contributed by atoms with E-state index in [1.807, 2.05) is 6.92 Å². The molecule has 41 heavy (non-hydrogen) atoms. The van der Waals surface area contributed by atoms with Crippen molar-refractivity contribution < 1.29 is 27.2 Å². The van der Waals surface area contributed by atoms with Crippen molar-refractivity contribution in [1.29, 1.82) is 0 Å². The minimum Gasteiger partial charge on any atom is -0.347 e. The van der Waals surface area contributed by atoms with Crippen molar-refractivity contribution in [3.05, 3.63) is 83.2 Å². The monoisotopic (exact) mass is 571 g/mol. The zero-order valence-electron chi connectivity index (χ0n) is 21.8. The molecule has 2 amide bonds. The number of alkyl halides is 3. The van der Waals surface area contributed by atoms with Crippen LogP contribution >= 0.6 is 0 Å². The fourth-order valence-electron chi connectivity index (χ4n) is 4.40. The van der Waals surface area contributed by atoms with Crippen molar-refractivity contribution in [2.75, 3.05) is 5.32 Å². The smallest absolute Gasteiger partial charge is 0.347 e. The van der Waals surface area contributed by atoms with Gasteiger partial charge in [0.15, 0.2) is 5.69 Å². The Bertz CT molecular complexity index is 1580. The van der Waals surface area contributed by atoms with Gasteiger partial charge in [-0.3, -0.25) is 24.7 Å². The number of carbonyl (C=O) groups excluding carboxylic acids is 2. The second-order valence-electron chi connectivity index (χ2n) is 9.55. The molecule has 1 saturated heterocycles. The van der Waals surface area contributed by atoms with Crippen LogP contribution in [0.2, 0.25) is 0 Å². The maximum Gasteiger partial charge on any atom is 0.417 e. The van der Waals surface area contributed by atoms with Crippen LogP contribution in [-0.2, 0) is 19.8 Å². The molecule has 3 aromatic heterocycles. The normalized spacial score (nSPS) is 17.0. The summed E-state index contributed by atoms with van der Waals surface area (Å²) in [7, 11) is 1.52. The molecule has 0 radical (unpaired) electrons. The fourth-order valence-corrected chi connectivity index (χ4v) is 4.40. The molecule has 0 bridgehead atoms. The Kier molecular flexibility index (Phi) is 7.55. The molecule has 4 heterocycles. The lowest BCUT2D eigenvalue weighted by molar-refractivity contribution is -0.137. The van der Waals surface area contributed by atoms with Crippen molar-refractivity contribution in [2.45, 2.75) is 38.3 Å². The van der Waals surface area contributed by atoms with E-state index in [0.717, 1.165) is 11.6 Å². The third-order valence-corrected chi connectivity index (χ3v) is 6.40. The summed E-state index contributed by atoms with van der Waals surface area (Å²) in [6.07, 6.45) is -0.220. The number of nitrogens with one attached hydrogen (secondary N) is 4. The van der Waals surface area contributed by atoms with Gasteiger partial charge in [-0.15, -0.1) is 0 Å². The minimum absolute atomic E-state index is 0.0314. The largest absolute Gasteiger partial charge is 0.417 e. The predicted molar refractivity (Wildman–Crippen MR) is 139 cm³/mol. The molecule has 1 fully saturated rings. The van der Waals surface area contributed by atoms with Gasteiger partial charge in [-0.1, -0.05) is 6.07 Å². The molecule has 0 saturated carbocycles. The predicted octanol–water partition coefficient (Wildman–Crippen LogP) is 3.40. The summed E-state index contributed by atoms with van der Waals surface area (Å²) in [4.78, 5) is 30.1. The lowest BCUT2D eigenvalue weighted by Gasteiger charge is -2.16. The third-order valence-electron chi connectivity index (χ3n) is 6.40. The number of hydrazine groups is 1. The highest BCUT2D eigenvalue weighted by Crippen LogP contribution is 2.38. The Morgan fingerprint density at radius 1 is 1.12 bits per heavy atom. The Morgan fingerprint density at radius 2 is 1.93 bits per heavy atom. The SMILES string of the molecule is CC1CC(n2nc(C(=O)NCc3cccnc3)cc2NC(=O)c2cc(-c3ccn(C)n3)c(C(F)(F)F)cc2F)NN1. The average Bonchev–Trinajstić information content (AvgIpc) is 3.67. The second kappa shape index (κ2) is 11.1. The van der Waals surface area contributed by atoms with Gasteiger partial charge in [0.2, 0.25) is 0 Å². The van der Waals surface area contributed by atoms with Crippen LogP contribution in [0.25, 0.3) is 11.3 Å². The van der Waals surface area contributed by atoms with Gasteiger partial charge in [-0.05, 0) is 36.8 Å². The van der Waals surface area contributed by atoms with Crippen LogP contribution in [0.1, 0.15) is 51.5 Å². The van der Waals surface area contributed by atoms with Crippen LogP contribution in [-0.4, -0.2) is 42.4 Å². The number of anilines is 1. The number of nitrogens with zero attached hydrogens (tertiary/aromatic N) is 5. The van der Waals surface area contributed by atoms with Gasteiger partial charge in [0, 0.05) is 56.3 Å². The van der Waals surface area contributed by atoms with Crippen LogP contribution in [0.3, 0.4) is 0 Å². The Hall–Kier alpha value is -4.63. The maximum absolute atomic E-state index is 15.0. The number of benzene rings is 1. The number of hydrogen-bond acceptors (Lipinski definition) is 7. The number of halogens is 4. The van der Waals surface area contributed by atoms with Crippen LogP contribution < -0.4 is 21.5 Å². The van der Waals surface area contributed by atoms with Crippen molar-refractivity contribution in [3.63, 3.8) is 0 Å². The van der Waals surface area contributed by atoms with E-state index in [9.17, 15) is 27.2 Å². The van der Waals surface area contributed by atoms with E-state index in [0.29, 0.717) is 6.42 Å². The number of aryl methyl sites for hydroxylation is 1. The van der Waals surface area contributed by atoms with Gasteiger partial charge in [-0.2, -0.15) is 23.4 Å². The summed E-state index contributed by atoms with van der Waals surface area (Å²) < 4.78 is 58.9. The van der Waals surface area contributed by atoms with E-state index < -0.39 is 46.7 Å². The molecule has 1 aliphatic heterocycles. The van der Waals surface area contributed by atoms with Crippen LogP contribution in [0, 0.1) is 5.82 Å². The van der Waals surface area contributed by atoms with E-state index >= 15 is 0 Å². The molecule has 1 aromatic carbocycles. The molecule has 11 nitrogen and oxygen atoms in total. The summed E-state index contributed by atoms with van der Waals surface area (Å²) in [5.74, 6) is -2.91. The van der Waals surface area contributed by atoms with Crippen molar-refractivity contribution >= 4 is 17.6 Å². The summed E-state index contributed by atoms with van der Waals surface area (Å²) in [6, 6.07) is 7.27. The molecule has 2 unspecified atom stereocenters. The molecule has 15 heteroatoms. The van der Waals surface area contributed by atoms with Crippen LogP contribution in [0.5, 0.6) is 0 Å². The molecule has 0 spiro atoms. The summed E-state index contributed by atoms with van der Waals surface area (Å²) in [6.45, 7) is 2.08. The quantitative estimate of drug-likeness (QED) is 0.250. The van der Waals surface area contributed by atoms with Gasteiger partial charge in [0.25, 0.3) is 11.8 Å². The summed E-state index contributed by atoms with van der Waals surface area (Å²) in [5.41, 5.74) is 4.30. The fraction of sp³-hybridized carbons (Fsp3) is 0.269. The van der Waals surface area contributed by atoms with Gasteiger partial charge in [-0.25, -0.2) is 14.5 Å². The van der Waals surface area contributed by atoms with E-state index in [4.69, 9.17) is 0 Å². The topological polar surface area (TPSA) is 131 Å². The molecule has 2 atom stereocenters. The molecule has 5 rings (SSSR count). The number of pyridine rings is 1. The van der Waals surface area contributed by atoms with E-state index in [1.54, 1.807) is 24.5 Å². The van der Waals surface area contributed by atoms with Gasteiger partial charge >= 0.3 is 6.18 Å². The minimum atomic E-state index is -4.89. The number of aromatic nitrogens is 5. The zero-order valence-corrected chi connectivity index (χ0v) is 21.8. The summed E-state index contributed by atoms with van der Waals surface area (Å²) in [5, 5.41) is 13.6.